The lowest BCUT2D eigenvalue weighted by molar-refractivity contribution is 0.457. The monoisotopic (exact) mass is 269 g/mol. The van der Waals surface area contributed by atoms with E-state index in [0.717, 1.165) is 28.8 Å². The van der Waals surface area contributed by atoms with Gasteiger partial charge in [0.1, 0.15) is 0 Å². The van der Waals surface area contributed by atoms with Crippen LogP contribution in [0.15, 0.2) is 30.5 Å². The molecule has 1 aliphatic rings. The molecule has 1 heterocycles. The molecule has 106 valence electrons. The lowest BCUT2D eigenvalue weighted by atomic mass is 10.0. The number of aromatic nitrogens is 1. The van der Waals surface area contributed by atoms with E-state index in [1.54, 1.807) is 0 Å². The molecule has 1 aromatic carbocycles. The first kappa shape index (κ1) is 13.2. The summed E-state index contributed by atoms with van der Waals surface area (Å²) in [6, 6.07) is 7.98. The predicted octanol–water partition coefficient (Wildman–Crippen LogP) is 3.91. The highest BCUT2D eigenvalue weighted by molar-refractivity contribution is 5.97. The first-order valence-corrected chi connectivity index (χ1v) is 7.23. The second-order valence-electron chi connectivity index (χ2n) is 6.98. The van der Waals surface area contributed by atoms with E-state index in [2.05, 4.69) is 44.1 Å². The number of anilines is 2. The largest absolute Gasteiger partial charge is 0.397 e. The Hall–Kier alpha value is -1.77. The van der Waals surface area contributed by atoms with Crippen molar-refractivity contribution in [3.63, 3.8) is 0 Å². The number of fused-ring (bicyclic) bond motifs is 1. The highest BCUT2D eigenvalue weighted by atomic mass is 14.9. The fraction of sp³-hybridized carbons (Fsp3) is 0.471. The number of nitrogens with one attached hydrogen (secondary N) is 1. The van der Waals surface area contributed by atoms with Crippen molar-refractivity contribution in [2.75, 3.05) is 17.6 Å². The summed E-state index contributed by atoms with van der Waals surface area (Å²) in [6.45, 7) is 10.4. The van der Waals surface area contributed by atoms with Crippen molar-refractivity contribution in [3.05, 3.63) is 30.5 Å². The number of pyridine rings is 1. The van der Waals surface area contributed by atoms with Crippen LogP contribution in [0.1, 0.15) is 27.7 Å². The van der Waals surface area contributed by atoms with Gasteiger partial charge < -0.3 is 11.1 Å². The Morgan fingerprint density at radius 1 is 1.15 bits per heavy atom. The Kier molecular flexibility index (Phi) is 2.72. The topological polar surface area (TPSA) is 50.9 Å². The molecule has 1 aliphatic carbocycles. The minimum Gasteiger partial charge on any atom is -0.397 e. The van der Waals surface area contributed by atoms with E-state index in [1.165, 1.54) is 0 Å². The van der Waals surface area contributed by atoms with E-state index in [0.29, 0.717) is 16.7 Å². The molecule has 1 saturated carbocycles. The minimum absolute atomic E-state index is 0.405. The zero-order chi connectivity index (χ0) is 14.5. The highest BCUT2D eigenvalue weighted by Crippen LogP contribution is 2.68. The van der Waals surface area contributed by atoms with Gasteiger partial charge in [-0.2, -0.15) is 0 Å². The standard InChI is InChI=1S/C17H23N3/c1-16(2)14(17(16,3)4)10-20-13-8-9-19-15-11(13)6-5-7-12(15)18/h5-9,14H,10,18H2,1-4H3,(H,19,20). The molecule has 20 heavy (non-hydrogen) atoms. The molecular weight excluding hydrogens is 246 g/mol. The molecule has 3 N–H and O–H groups in total. The molecule has 3 rings (SSSR count). The Bertz CT molecular complexity index is 644. The maximum absolute atomic E-state index is 5.99. The van der Waals surface area contributed by atoms with Gasteiger partial charge in [0, 0.05) is 23.8 Å². The van der Waals surface area contributed by atoms with Gasteiger partial charge in [0.25, 0.3) is 0 Å². The first-order valence-electron chi connectivity index (χ1n) is 7.23. The molecule has 3 heteroatoms. The third-order valence-corrected chi connectivity index (χ3v) is 5.62. The second kappa shape index (κ2) is 4.11. The molecule has 2 aromatic rings. The van der Waals surface area contributed by atoms with Gasteiger partial charge in [0.2, 0.25) is 0 Å². The SMILES string of the molecule is CC1(C)C(CNc2ccnc3c(N)cccc23)C1(C)C. The molecule has 0 atom stereocenters. The predicted molar refractivity (Wildman–Crippen MR) is 85.7 cm³/mol. The molecule has 0 amide bonds. The Morgan fingerprint density at radius 3 is 2.50 bits per heavy atom. The summed E-state index contributed by atoms with van der Waals surface area (Å²) in [6.07, 6.45) is 1.82. The number of benzene rings is 1. The van der Waals surface area contributed by atoms with Crippen LogP contribution in [-0.2, 0) is 0 Å². The number of para-hydroxylation sites is 1. The molecule has 0 radical (unpaired) electrons. The molecule has 1 aromatic heterocycles. The van der Waals surface area contributed by atoms with Crippen LogP contribution in [0, 0.1) is 16.7 Å². The lowest BCUT2D eigenvalue weighted by Crippen LogP contribution is -2.08. The van der Waals surface area contributed by atoms with Crippen molar-refractivity contribution < 1.29 is 0 Å². The maximum Gasteiger partial charge on any atom is 0.0951 e. The summed E-state index contributed by atoms with van der Waals surface area (Å²) in [5.41, 5.74) is 9.54. The third kappa shape index (κ3) is 1.76. The van der Waals surface area contributed by atoms with Crippen molar-refractivity contribution in [2.45, 2.75) is 27.7 Å². The maximum atomic E-state index is 5.99. The summed E-state index contributed by atoms with van der Waals surface area (Å²) in [5.74, 6) is 0.694. The number of hydrogen-bond acceptors (Lipinski definition) is 3. The van der Waals surface area contributed by atoms with Crippen molar-refractivity contribution in [2.24, 2.45) is 16.7 Å². The number of hydrogen-bond donors (Lipinski definition) is 2. The van der Waals surface area contributed by atoms with Gasteiger partial charge in [0.15, 0.2) is 0 Å². The van der Waals surface area contributed by atoms with Crippen molar-refractivity contribution in [1.82, 2.24) is 4.98 Å². The van der Waals surface area contributed by atoms with Crippen molar-refractivity contribution in [3.8, 4) is 0 Å². The van der Waals surface area contributed by atoms with Crippen LogP contribution >= 0.6 is 0 Å². The quantitative estimate of drug-likeness (QED) is 0.831. The minimum atomic E-state index is 0.405. The van der Waals surface area contributed by atoms with Gasteiger partial charge in [-0.3, -0.25) is 4.98 Å². The number of nitrogens with zero attached hydrogens (tertiary/aromatic N) is 1. The van der Waals surface area contributed by atoms with Gasteiger partial charge in [0.05, 0.1) is 11.2 Å². The molecule has 0 spiro atoms. The van der Waals surface area contributed by atoms with Gasteiger partial charge in [-0.15, -0.1) is 0 Å². The molecule has 0 bridgehead atoms. The Labute approximate surface area is 120 Å². The Balaban J connectivity index is 1.85. The zero-order valence-electron chi connectivity index (χ0n) is 12.7. The van der Waals surface area contributed by atoms with Crippen LogP contribution in [0.5, 0.6) is 0 Å². The van der Waals surface area contributed by atoms with Crippen LogP contribution in [0.25, 0.3) is 10.9 Å². The number of rotatable bonds is 3. The highest BCUT2D eigenvalue weighted by Gasteiger charge is 2.63. The smallest absolute Gasteiger partial charge is 0.0951 e. The fourth-order valence-electron chi connectivity index (χ4n) is 3.41. The van der Waals surface area contributed by atoms with Crippen LogP contribution < -0.4 is 11.1 Å². The molecule has 0 saturated heterocycles. The second-order valence-corrected chi connectivity index (χ2v) is 6.98. The molecule has 3 nitrogen and oxygen atoms in total. The summed E-state index contributed by atoms with van der Waals surface area (Å²) >= 11 is 0. The summed E-state index contributed by atoms with van der Waals surface area (Å²) in [5, 5.41) is 4.69. The zero-order valence-corrected chi connectivity index (χ0v) is 12.7. The van der Waals surface area contributed by atoms with Gasteiger partial charge in [-0.05, 0) is 28.9 Å². The normalized spacial score (nSPS) is 20.0. The van der Waals surface area contributed by atoms with E-state index >= 15 is 0 Å². The molecule has 0 aliphatic heterocycles. The van der Waals surface area contributed by atoms with Gasteiger partial charge in [-0.1, -0.05) is 39.8 Å². The van der Waals surface area contributed by atoms with E-state index in [1.807, 2.05) is 24.4 Å². The van der Waals surface area contributed by atoms with Crippen LogP contribution in [0.2, 0.25) is 0 Å². The average Bonchev–Trinajstić information content (AvgIpc) is 2.78. The van der Waals surface area contributed by atoms with Gasteiger partial charge in [-0.25, -0.2) is 0 Å². The van der Waals surface area contributed by atoms with E-state index < -0.39 is 0 Å². The van der Waals surface area contributed by atoms with Crippen molar-refractivity contribution >= 4 is 22.3 Å². The van der Waals surface area contributed by atoms with Crippen LogP contribution in [0.4, 0.5) is 11.4 Å². The lowest BCUT2D eigenvalue weighted by Gasteiger charge is -2.11. The van der Waals surface area contributed by atoms with Crippen LogP contribution in [-0.4, -0.2) is 11.5 Å². The Morgan fingerprint density at radius 2 is 1.85 bits per heavy atom. The summed E-state index contributed by atoms with van der Waals surface area (Å²) < 4.78 is 0. The van der Waals surface area contributed by atoms with E-state index in [9.17, 15) is 0 Å². The van der Waals surface area contributed by atoms with Crippen molar-refractivity contribution in [1.29, 1.82) is 0 Å². The first-order chi connectivity index (χ1) is 9.35. The summed E-state index contributed by atoms with van der Waals surface area (Å²) in [7, 11) is 0. The van der Waals surface area contributed by atoms with Crippen LogP contribution in [0.3, 0.4) is 0 Å². The number of nitrogens with two attached hydrogens (primary N) is 1. The molecule has 1 fully saturated rings. The van der Waals surface area contributed by atoms with E-state index in [-0.39, 0.29) is 0 Å². The third-order valence-electron chi connectivity index (χ3n) is 5.62. The average molecular weight is 269 g/mol. The summed E-state index contributed by atoms with van der Waals surface area (Å²) in [4.78, 5) is 4.38. The fourth-order valence-corrected chi connectivity index (χ4v) is 3.41. The number of nitrogen functional groups attached to an aromatic ring is 1. The molecule has 0 unspecified atom stereocenters. The molecular formula is C17H23N3. The van der Waals surface area contributed by atoms with Gasteiger partial charge >= 0.3 is 0 Å². The van der Waals surface area contributed by atoms with E-state index in [4.69, 9.17) is 5.73 Å².